The first-order valence-electron chi connectivity index (χ1n) is 7.89. The van der Waals surface area contributed by atoms with Crippen LogP contribution in [0.15, 0.2) is 36.4 Å². The molecule has 6 heteroatoms. The molecule has 1 aromatic heterocycles. The minimum Gasteiger partial charge on any atom is -0.497 e. The number of amides is 2. The van der Waals surface area contributed by atoms with Crippen LogP contribution in [0.1, 0.15) is 28.3 Å². The summed E-state index contributed by atoms with van der Waals surface area (Å²) in [5.41, 5.74) is 0.705. The van der Waals surface area contributed by atoms with Crippen molar-refractivity contribution in [2.75, 3.05) is 13.7 Å². The highest BCUT2D eigenvalue weighted by atomic mass is 32.1. The highest BCUT2D eigenvalue weighted by molar-refractivity contribution is 7.11. The molecule has 2 unspecified atom stereocenters. The van der Waals surface area contributed by atoms with E-state index in [9.17, 15) is 9.90 Å². The van der Waals surface area contributed by atoms with Crippen LogP contribution in [0.5, 0.6) is 5.75 Å². The summed E-state index contributed by atoms with van der Waals surface area (Å²) in [7, 11) is 1.58. The van der Waals surface area contributed by atoms with E-state index in [1.807, 2.05) is 19.1 Å². The van der Waals surface area contributed by atoms with Gasteiger partial charge in [-0.05, 0) is 43.7 Å². The first-order chi connectivity index (χ1) is 11.5. The van der Waals surface area contributed by atoms with Crippen molar-refractivity contribution in [1.29, 1.82) is 0 Å². The molecule has 0 bridgehead atoms. The number of aliphatic hydroxyl groups excluding tert-OH is 1. The molecule has 2 atom stereocenters. The van der Waals surface area contributed by atoms with E-state index in [4.69, 9.17) is 4.74 Å². The zero-order valence-electron chi connectivity index (χ0n) is 14.2. The Balaban J connectivity index is 1.77. The molecule has 0 spiro atoms. The van der Waals surface area contributed by atoms with Gasteiger partial charge in [-0.15, -0.1) is 11.3 Å². The first-order valence-corrected chi connectivity index (χ1v) is 8.71. The number of hydrogen-bond donors (Lipinski definition) is 3. The molecule has 0 saturated carbocycles. The number of thiophene rings is 1. The third kappa shape index (κ3) is 5.54. The Morgan fingerprint density at radius 1 is 1.33 bits per heavy atom. The fraction of sp³-hybridized carbons (Fsp3) is 0.389. The van der Waals surface area contributed by atoms with Gasteiger partial charge in [-0.1, -0.05) is 12.1 Å². The van der Waals surface area contributed by atoms with Crippen molar-refractivity contribution in [3.05, 3.63) is 51.7 Å². The van der Waals surface area contributed by atoms with Gasteiger partial charge >= 0.3 is 6.03 Å². The van der Waals surface area contributed by atoms with E-state index in [1.54, 1.807) is 30.6 Å². The number of carbonyl (C=O) groups excluding carboxylic acids is 1. The van der Waals surface area contributed by atoms with Gasteiger partial charge in [-0.2, -0.15) is 0 Å². The molecule has 1 heterocycles. The summed E-state index contributed by atoms with van der Waals surface area (Å²) in [4.78, 5) is 14.5. The molecular weight excluding hydrogens is 324 g/mol. The zero-order valence-corrected chi connectivity index (χ0v) is 15.0. The van der Waals surface area contributed by atoms with Crippen molar-refractivity contribution < 1.29 is 14.6 Å². The van der Waals surface area contributed by atoms with Crippen LogP contribution in [0, 0.1) is 6.92 Å². The van der Waals surface area contributed by atoms with Crippen LogP contribution >= 0.6 is 11.3 Å². The predicted octanol–water partition coefficient (Wildman–Crippen LogP) is 3.03. The fourth-order valence-electron chi connectivity index (χ4n) is 2.38. The largest absolute Gasteiger partial charge is 0.497 e. The number of urea groups is 1. The first kappa shape index (κ1) is 18.3. The average molecular weight is 348 g/mol. The number of rotatable bonds is 7. The lowest BCUT2D eigenvalue weighted by Gasteiger charge is -2.16. The fourth-order valence-corrected chi connectivity index (χ4v) is 3.40. The van der Waals surface area contributed by atoms with Crippen LogP contribution in [-0.2, 0) is 6.42 Å². The minimum atomic E-state index is -0.777. The SMILES string of the molecule is COc1cccc(C(O)CNC(=O)NC(C)Cc2ccc(C)s2)c1. The van der Waals surface area contributed by atoms with E-state index < -0.39 is 6.10 Å². The van der Waals surface area contributed by atoms with Gasteiger partial charge < -0.3 is 20.5 Å². The van der Waals surface area contributed by atoms with Crippen LogP contribution in [-0.4, -0.2) is 30.8 Å². The van der Waals surface area contributed by atoms with Crippen LogP contribution < -0.4 is 15.4 Å². The standard InChI is InChI=1S/C18H24N2O3S/c1-12(9-16-8-7-13(2)24-16)20-18(22)19-11-17(21)14-5-4-6-15(10-14)23-3/h4-8,10,12,17,21H,9,11H2,1-3H3,(H2,19,20,22). The molecule has 5 nitrogen and oxygen atoms in total. The second-order valence-electron chi connectivity index (χ2n) is 5.76. The summed E-state index contributed by atoms with van der Waals surface area (Å²) in [5.74, 6) is 0.677. The Morgan fingerprint density at radius 3 is 2.79 bits per heavy atom. The van der Waals surface area contributed by atoms with Gasteiger partial charge in [0.05, 0.1) is 13.2 Å². The monoisotopic (exact) mass is 348 g/mol. The second kappa shape index (κ2) is 8.70. The van der Waals surface area contributed by atoms with Crippen LogP contribution in [0.3, 0.4) is 0 Å². The highest BCUT2D eigenvalue weighted by Gasteiger charge is 2.12. The van der Waals surface area contributed by atoms with Gasteiger partial charge in [-0.25, -0.2) is 4.79 Å². The number of aryl methyl sites for hydroxylation is 1. The number of ether oxygens (including phenoxy) is 1. The summed E-state index contributed by atoms with van der Waals surface area (Å²) in [6.45, 7) is 4.18. The molecule has 0 saturated heterocycles. The van der Waals surface area contributed by atoms with Crippen molar-refractivity contribution in [3.63, 3.8) is 0 Å². The van der Waals surface area contributed by atoms with Crippen molar-refractivity contribution in [2.24, 2.45) is 0 Å². The highest BCUT2D eigenvalue weighted by Crippen LogP contribution is 2.18. The maximum atomic E-state index is 12.0. The van der Waals surface area contributed by atoms with E-state index in [1.165, 1.54) is 9.75 Å². The van der Waals surface area contributed by atoms with Gasteiger partial charge in [0, 0.05) is 28.8 Å². The van der Waals surface area contributed by atoms with E-state index >= 15 is 0 Å². The summed E-state index contributed by atoms with van der Waals surface area (Å²) >= 11 is 1.74. The van der Waals surface area contributed by atoms with Gasteiger partial charge in [-0.3, -0.25) is 0 Å². The smallest absolute Gasteiger partial charge is 0.315 e. The maximum Gasteiger partial charge on any atom is 0.315 e. The molecule has 0 radical (unpaired) electrons. The van der Waals surface area contributed by atoms with Gasteiger partial charge in [0.25, 0.3) is 0 Å². The zero-order chi connectivity index (χ0) is 17.5. The van der Waals surface area contributed by atoms with E-state index in [-0.39, 0.29) is 18.6 Å². The maximum absolute atomic E-state index is 12.0. The quantitative estimate of drug-likeness (QED) is 0.720. The molecule has 130 valence electrons. The Morgan fingerprint density at radius 2 is 2.12 bits per heavy atom. The summed E-state index contributed by atoms with van der Waals surface area (Å²) in [5, 5.41) is 15.8. The molecule has 0 aliphatic carbocycles. The van der Waals surface area contributed by atoms with Crippen molar-refractivity contribution in [3.8, 4) is 5.75 Å². The Labute approximate surface area is 146 Å². The molecule has 0 fully saturated rings. The summed E-state index contributed by atoms with van der Waals surface area (Å²) in [6, 6.07) is 11.1. The normalized spacial score (nSPS) is 13.2. The number of benzene rings is 1. The number of carbonyl (C=O) groups is 1. The van der Waals surface area contributed by atoms with Gasteiger partial charge in [0.2, 0.25) is 0 Å². The average Bonchev–Trinajstić information content (AvgIpc) is 2.97. The molecule has 0 aliphatic rings. The second-order valence-corrected chi connectivity index (χ2v) is 7.14. The van der Waals surface area contributed by atoms with Gasteiger partial charge in [0.15, 0.2) is 0 Å². The van der Waals surface area contributed by atoms with E-state index in [0.717, 1.165) is 6.42 Å². The molecular formula is C18H24N2O3S. The third-order valence-corrected chi connectivity index (χ3v) is 4.64. The predicted molar refractivity (Wildman–Crippen MR) is 96.7 cm³/mol. The van der Waals surface area contributed by atoms with Crippen LogP contribution in [0.2, 0.25) is 0 Å². The number of nitrogens with one attached hydrogen (secondary N) is 2. The van der Waals surface area contributed by atoms with Crippen molar-refractivity contribution in [1.82, 2.24) is 10.6 Å². The molecule has 0 aliphatic heterocycles. The van der Waals surface area contributed by atoms with Gasteiger partial charge in [0.1, 0.15) is 5.75 Å². The number of aliphatic hydroxyl groups is 1. The molecule has 2 aromatic rings. The minimum absolute atomic E-state index is 0.0250. The van der Waals surface area contributed by atoms with Crippen molar-refractivity contribution in [2.45, 2.75) is 32.4 Å². The molecule has 3 N–H and O–H groups in total. The van der Waals surface area contributed by atoms with Crippen LogP contribution in [0.25, 0.3) is 0 Å². The number of hydrogen-bond acceptors (Lipinski definition) is 4. The third-order valence-electron chi connectivity index (χ3n) is 3.62. The lowest BCUT2D eigenvalue weighted by Crippen LogP contribution is -2.42. The molecule has 24 heavy (non-hydrogen) atoms. The molecule has 2 rings (SSSR count). The van der Waals surface area contributed by atoms with Crippen LogP contribution in [0.4, 0.5) is 4.79 Å². The summed E-state index contributed by atoms with van der Waals surface area (Å²) < 4.78 is 5.13. The number of methoxy groups -OCH3 is 1. The Kier molecular flexibility index (Phi) is 6.63. The molecule has 1 aromatic carbocycles. The van der Waals surface area contributed by atoms with E-state index in [0.29, 0.717) is 11.3 Å². The lowest BCUT2D eigenvalue weighted by atomic mass is 10.1. The Bertz CT molecular complexity index is 672. The Hall–Kier alpha value is -2.05. The van der Waals surface area contributed by atoms with E-state index in [2.05, 4.69) is 29.7 Å². The lowest BCUT2D eigenvalue weighted by molar-refractivity contribution is 0.172. The van der Waals surface area contributed by atoms with Crippen molar-refractivity contribution >= 4 is 17.4 Å². The topological polar surface area (TPSA) is 70.6 Å². The summed E-state index contributed by atoms with van der Waals surface area (Å²) in [6.07, 6.45) is 0.0192. The molecule has 2 amide bonds.